The van der Waals surface area contributed by atoms with E-state index in [4.69, 9.17) is 18.0 Å². The Balaban J connectivity index is 2.32. The third-order valence-electron chi connectivity index (χ3n) is 3.00. The van der Waals surface area contributed by atoms with Crippen LogP contribution in [0.25, 0.3) is 11.4 Å². The van der Waals surface area contributed by atoms with Crippen molar-refractivity contribution < 1.29 is 5.11 Å². The molecule has 0 unspecified atom stereocenters. The summed E-state index contributed by atoms with van der Waals surface area (Å²) in [6.45, 7) is 3.31. The van der Waals surface area contributed by atoms with Gasteiger partial charge in [-0.3, -0.25) is 0 Å². The number of nitrogen functional groups attached to an aromatic ring is 1. The molecule has 1 heterocycles. The van der Waals surface area contributed by atoms with E-state index in [9.17, 15) is 5.11 Å². The van der Waals surface area contributed by atoms with Gasteiger partial charge in [-0.1, -0.05) is 0 Å². The van der Waals surface area contributed by atoms with E-state index in [1.165, 1.54) is 0 Å². The molecule has 0 aliphatic heterocycles. The van der Waals surface area contributed by atoms with E-state index in [1.807, 2.05) is 24.3 Å². The van der Waals surface area contributed by atoms with Crippen molar-refractivity contribution in [2.45, 2.75) is 19.4 Å². The molecule has 0 bridgehead atoms. The average molecular weight is 317 g/mol. The van der Waals surface area contributed by atoms with Crippen molar-refractivity contribution in [3.63, 3.8) is 0 Å². The number of benzene rings is 1. The maximum Gasteiger partial charge on any atom is 0.170 e. The van der Waals surface area contributed by atoms with E-state index < -0.39 is 5.60 Å². The average Bonchev–Trinajstić information content (AvgIpc) is 2.46. The van der Waals surface area contributed by atoms with Crippen LogP contribution >= 0.6 is 12.2 Å². The minimum Gasteiger partial charge on any atom is -0.384 e. The number of nitrogens with zero attached hydrogens (tertiary/aromatic N) is 2. The summed E-state index contributed by atoms with van der Waals surface area (Å²) in [5, 5.41) is 16.5. The van der Waals surface area contributed by atoms with E-state index in [0.29, 0.717) is 22.4 Å². The fourth-order valence-corrected chi connectivity index (χ4v) is 1.92. The molecule has 6 nitrogen and oxygen atoms in total. The van der Waals surface area contributed by atoms with Crippen LogP contribution in [0.15, 0.2) is 30.3 Å². The predicted molar refractivity (Wildman–Crippen MR) is 92.4 cm³/mol. The van der Waals surface area contributed by atoms with Gasteiger partial charge < -0.3 is 21.5 Å². The zero-order valence-electron chi connectivity index (χ0n) is 12.7. The lowest BCUT2D eigenvalue weighted by molar-refractivity contribution is 0.0739. The van der Waals surface area contributed by atoms with Crippen LogP contribution in [0.4, 0.5) is 11.5 Å². The predicted octanol–water partition coefficient (Wildman–Crippen LogP) is 1.87. The number of anilines is 2. The van der Waals surface area contributed by atoms with E-state index in [2.05, 4.69) is 20.6 Å². The quantitative estimate of drug-likeness (QED) is 0.642. The number of aromatic nitrogens is 2. The third kappa shape index (κ3) is 3.90. The Labute approximate surface area is 134 Å². The van der Waals surface area contributed by atoms with Crippen LogP contribution in [-0.2, 0) is 5.60 Å². The first-order chi connectivity index (χ1) is 10.3. The van der Waals surface area contributed by atoms with Crippen molar-refractivity contribution in [2.24, 2.45) is 0 Å². The van der Waals surface area contributed by atoms with Crippen LogP contribution in [0, 0.1) is 0 Å². The van der Waals surface area contributed by atoms with Gasteiger partial charge in [-0.05, 0) is 50.3 Å². The van der Waals surface area contributed by atoms with Gasteiger partial charge in [0.2, 0.25) is 0 Å². The topological polar surface area (TPSA) is 96.1 Å². The summed E-state index contributed by atoms with van der Waals surface area (Å²) in [6, 6.07) is 9.04. The first-order valence-corrected chi connectivity index (χ1v) is 7.17. The molecular weight excluding hydrogens is 298 g/mol. The molecule has 0 fully saturated rings. The van der Waals surface area contributed by atoms with Gasteiger partial charge in [-0.2, -0.15) is 0 Å². The second-order valence-corrected chi connectivity index (χ2v) is 5.75. The SMILES string of the molecule is CNC(=S)Nc1ccc(-c2nc(N)cc(C(C)(C)O)n2)cc1. The van der Waals surface area contributed by atoms with Crippen LogP contribution in [0.1, 0.15) is 19.5 Å². The lowest BCUT2D eigenvalue weighted by Gasteiger charge is -2.17. The van der Waals surface area contributed by atoms with Crippen LogP contribution in [0.2, 0.25) is 0 Å². The van der Waals surface area contributed by atoms with Crippen molar-refractivity contribution in [2.75, 3.05) is 18.1 Å². The van der Waals surface area contributed by atoms with Gasteiger partial charge in [0.15, 0.2) is 10.9 Å². The van der Waals surface area contributed by atoms with E-state index in [1.54, 1.807) is 27.0 Å². The molecule has 1 aromatic carbocycles. The lowest BCUT2D eigenvalue weighted by Crippen LogP contribution is -2.23. The molecule has 0 radical (unpaired) electrons. The summed E-state index contributed by atoms with van der Waals surface area (Å²) in [6.07, 6.45) is 0. The van der Waals surface area contributed by atoms with E-state index >= 15 is 0 Å². The molecule has 0 aliphatic carbocycles. The molecular formula is C15H19N5OS. The van der Waals surface area contributed by atoms with Crippen LogP contribution in [0.3, 0.4) is 0 Å². The summed E-state index contributed by atoms with van der Waals surface area (Å²) >= 11 is 5.05. The summed E-state index contributed by atoms with van der Waals surface area (Å²) < 4.78 is 0. The molecule has 7 heteroatoms. The Kier molecular flexibility index (Phi) is 4.58. The number of nitrogens with one attached hydrogen (secondary N) is 2. The molecule has 2 rings (SSSR count). The number of aliphatic hydroxyl groups is 1. The minimum atomic E-state index is -1.08. The fraction of sp³-hybridized carbons (Fsp3) is 0.267. The number of hydrogen-bond donors (Lipinski definition) is 4. The minimum absolute atomic E-state index is 0.320. The monoisotopic (exact) mass is 317 g/mol. The molecule has 0 saturated carbocycles. The first kappa shape index (κ1) is 16.1. The summed E-state index contributed by atoms with van der Waals surface area (Å²) in [5.41, 5.74) is 6.87. The van der Waals surface area contributed by atoms with Gasteiger partial charge >= 0.3 is 0 Å². The van der Waals surface area contributed by atoms with E-state index in [-0.39, 0.29) is 0 Å². The second-order valence-electron chi connectivity index (χ2n) is 5.34. The molecule has 0 atom stereocenters. The standard InChI is InChI=1S/C15H19N5OS/c1-15(2,21)11-8-12(16)20-13(19-11)9-4-6-10(7-5-9)18-14(22)17-3/h4-8,21H,1-3H3,(H2,16,19,20)(H2,17,18,22). The molecule has 0 saturated heterocycles. The van der Waals surface area contributed by atoms with Crippen molar-refractivity contribution in [3.8, 4) is 11.4 Å². The van der Waals surface area contributed by atoms with Gasteiger partial charge in [-0.25, -0.2) is 9.97 Å². The van der Waals surface area contributed by atoms with Crippen LogP contribution < -0.4 is 16.4 Å². The highest BCUT2D eigenvalue weighted by atomic mass is 32.1. The Morgan fingerprint density at radius 3 is 2.41 bits per heavy atom. The van der Waals surface area contributed by atoms with E-state index in [0.717, 1.165) is 11.3 Å². The zero-order valence-corrected chi connectivity index (χ0v) is 13.5. The maximum atomic E-state index is 10.1. The third-order valence-corrected chi connectivity index (χ3v) is 3.31. The van der Waals surface area contributed by atoms with Crippen molar-refractivity contribution >= 4 is 28.8 Å². The first-order valence-electron chi connectivity index (χ1n) is 6.76. The fourth-order valence-electron chi connectivity index (χ4n) is 1.80. The molecule has 0 spiro atoms. The number of rotatable bonds is 3. The molecule has 22 heavy (non-hydrogen) atoms. The maximum absolute atomic E-state index is 10.1. The van der Waals surface area contributed by atoms with Gasteiger partial charge in [0, 0.05) is 24.4 Å². The van der Waals surface area contributed by atoms with Gasteiger partial charge in [0.05, 0.1) is 5.69 Å². The van der Waals surface area contributed by atoms with Gasteiger partial charge in [0.25, 0.3) is 0 Å². The highest BCUT2D eigenvalue weighted by molar-refractivity contribution is 7.80. The highest BCUT2D eigenvalue weighted by Crippen LogP contribution is 2.24. The van der Waals surface area contributed by atoms with Crippen molar-refractivity contribution in [1.82, 2.24) is 15.3 Å². The zero-order chi connectivity index (χ0) is 16.3. The molecule has 0 aliphatic rings. The molecule has 1 aromatic heterocycles. The Morgan fingerprint density at radius 1 is 1.23 bits per heavy atom. The molecule has 2 aromatic rings. The van der Waals surface area contributed by atoms with Crippen molar-refractivity contribution in [3.05, 3.63) is 36.0 Å². The summed E-state index contributed by atoms with van der Waals surface area (Å²) in [7, 11) is 1.75. The van der Waals surface area contributed by atoms with Crippen LogP contribution in [-0.4, -0.2) is 27.2 Å². The Morgan fingerprint density at radius 2 is 1.86 bits per heavy atom. The normalized spacial score (nSPS) is 11.1. The van der Waals surface area contributed by atoms with Crippen LogP contribution in [0.5, 0.6) is 0 Å². The Bertz CT molecular complexity index is 679. The van der Waals surface area contributed by atoms with Crippen molar-refractivity contribution in [1.29, 1.82) is 0 Å². The number of nitrogens with two attached hydrogens (primary N) is 1. The summed E-state index contributed by atoms with van der Waals surface area (Å²) in [5.74, 6) is 0.792. The Hall–Kier alpha value is -2.25. The molecule has 116 valence electrons. The second kappa shape index (κ2) is 6.25. The smallest absolute Gasteiger partial charge is 0.170 e. The number of hydrogen-bond acceptors (Lipinski definition) is 5. The van der Waals surface area contributed by atoms with Gasteiger partial charge in [-0.15, -0.1) is 0 Å². The molecule has 0 amide bonds. The number of thiocarbonyl (C=S) groups is 1. The summed E-state index contributed by atoms with van der Waals surface area (Å²) in [4.78, 5) is 8.60. The lowest BCUT2D eigenvalue weighted by atomic mass is 10.0. The molecule has 5 N–H and O–H groups in total. The largest absolute Gasteiger partial charge is 0.384 e. The highest BCUT2D eigenvalue weighted by Gasteiger charge is 2.20. The van der Waals surface area contributed by atoms with Gasteiger partial charge in [0.1, 0.15) is 11.4 Å².